The maximum Gasteiger partial charge on any atom is 0.246 e. The lowest BCUT2D eigenvalue weighted by Crippen LogP contribution is -2.47. The molecule has 1 fully saturated rings. The Hall–Kier alpha value is -2.84. The summed E-state index contributed by atoms with van der Waals surface area (Å²) in [7, 11) is 0. The summed E-state index contributed by atoms with van der Waals surface area (Å²) in [6.45, 7) is 3.51. The molecule has 0 saturated carbocycles. The van der Waals surface area contributed by atoms with Gasteiger partial charge in [0, 0.05) is 38.5 Å². The molecule has 4 rings (SSSR count). The van der Waals surface area contributed by atoms with Gasteiger partial charge in [0.2, 0.25) is 17.6 Å². The van der Waals surface area contributed by atoms with Crippen molar-refractivity contribution in [1.82, 2.24) is 24.9 Å². The Bertz CT molecular complexity index is 899. The molecule has 8 heteroatoms. The van der Waals surface area contributed by atoms with E-state index in [2.05, 4.69) is 20.0 Å². The van der Waals surface area contributed by atoms with Crippen LogP contribution in [0.3, 0.4) is 0 Å². The highest BCUT2D eigenvalue weighted by Gasteiger charge is 2.21. The number of pyridine rings is 1. The molecule has 0 aliphatic carbocycles. The fraction of sp³-hybridized carbons (Fsp3) is 0.263. The van der Waals surface area contributed by atoms with Gasteiger partial charge in [-0.1, -0.05) is 17.3 Å². The van der Waals surface area contributed by atoms with Gasteiger partial charge < -0.3 is 9.42 Å². The largest absolute Gasteiger partial charge is 0.338 e. The standard InChI is InChI=1S/C19H19N5O2S/c25-18(7-6-15-4-1-2-8-20-15)24-11-9-23(10-12-24)14-17-21-19(22-26-17)16-5-3-13-27-16/h1-8,13H,9-12,14H2/b7-6+. The molecule has 4 heterocycles. The van der Waals surface area contributed by atoms with E-state index in [1.54, 1.807) is 29.7 Å². The molecule has 1 amide bonds. The number of hydrogen-bond acceptors (Lipinski definition) is 7. The number of aromatic nitrogens is 3. The summed E-state index contributed by atoms with van der Waals surface area (Å²) in [6, 6.07) is 9.57. The lowest BCUT2D eigenvalue weighted by Gasteiger charge is -2.33. The van der Waals surface area contributed by atoms with E-state index < -0.39 is 0 Å². The van der Waals surface area contributed by atoms with Crippen LogP contribution in [-0.4, -0.2) is 57.0 Å². The first-order valence-electron chi connectivity index (χ1n) is 8.75. The molecule has 1 aliphatic rings. The van der Waals surface area contributed by atoms with Crippen molar-refractivity contribution in [2.75, 3.05) is 26.2 Å². The van der Waals surface area contributed by atoms with Gasteiger partial charge in [-0.2, -0.15) is 4.98 Å². The lowest BCUT2D eigenvalue weighted by atomic mass is 10.2. The summed E-state index contributed by atoms with van der Waals surface area (Å²) in [5, 5.41) is 6.03. The highest BCUT2D eigenvalue weighted by Crippen LogP contribution is 2.21. The number of hydrogen-bond donors (Lipinski definition) is 0. The maximum atomic E-state index is 12.3. The molecular weight excluding hydrogens is 362 g/mol. The van der Waals surface area contributed by atoms with Crippen LogP contribution in [0.2, 0.25) is 0 Å². The maximum absolute atomic E-state index is 12.3. The average Bonchev–Trinajstić information content (AvgIpc) is 3.39. The molecule has 0 spiro atoms. The minimum Gasteiger partial charge on any atom is -0.338 e. The van der Waals surface area contributed by atoms with Crippen LogP contribution in [0.15, 0.2) is 52.5 Å². The Morgan fingerprint density at radius 1 is 1.19 bits per heavy atom. The van der Waals surface area contributed by atoms with E-state index in [1.807, 2.05) is 40.6 Å². The number of rotatable bonds is 5. The van der Waals surface area contributed by atoms with Gasteiger partial charge in [0.05, 0.1) is 17.1 Å². The molecule has 1 aliphatic heterocycles. The van der Waals surface area contributed by atoms with Crippen LogP contribution < -0.4 is 0 Å². The number of piperazine rings is 1. The van der Waals surface area contributed by atoms with Crippen molar-refractivity contribution in [1.29, 1.82) is 0 Å². The normalized spacial score (nSPS) is 15.5. The third-order valence-corrected chi connectivity index (χ3v) is 5.20. The van der Waals surface area contributed by atoms with Gasteiger partial charge >= 0.3 is 0 Å². The van der Waals surface area contributed by atoms with Crippen molar-refractivity contribution in [3.63, 3.8) is 0 Å². The first-order chi connectivity index (χ1) is 13.3. The van der Waals surface area contributed by atoms with Gasteiger partial charge in [0.15, 0.2) is 0 Å². The van der Waals surface area contributed by atoms with Crippen molar-refractivity contribution in [3.05, 3.63) is 59.6 Å². The van der Waals surface area contributed by atoms with Crippen LogP contribution >= 0.6 is 11.3 Å². The van der Waals surface area contributed by atoms with Gasteiger partial charge in [-0.3, -0.25) is 14.7 Å². The van der Waals surface area contributed by atoms with Crippen molar-refractivity contribution < 1.29 is 9.32 Å². The minimum absolute atomic E-state index is 0.0121. The summed E-state index contributed by atoms with van der Waals surface area (Å²) in [6.07, 6.45) is 5.05. The van der Waals surface area contributed by atoms with E-state index in [0.29, 0.717) is 31.3 Å². The second kappa shape index (κ2) is 8.24. The van der Waals surface area contributed by atoms with Crippen molar-refractivity contribution in [2.45, 2.75) is 6.54 Å². The van der Waals surface area contributed by atoms with Crippen LogP contribution in [0.4, 0.5) is 0 Å². The monoisotopic (exact) mass is 381 g/mol. The van der Waals surface area contributed by atoms with Gasteiger partial charge in [-0.05, 0) is 29.7 Å². The van der Waals surface area contributed by atoms with Crippen LogP contribution in [0.1, 0.15) is 11.6 Å². The Balaban J connectivity index is 1.28. The summed E-state index contributed by atoms with van der Waals surface area (Å²) >= 11 is 1.59. The highest BCUT2D eigenvalue weighted by atomic mass is 32.1. The Labute approximate surface area is 160 Å². The average molecular weight is 381 g/mol. The fourth-order valence-corrected chi connectivity index (χ4v) is 3.53. The molecule has 0 bridgehead atoms. The Morgan fingerprint density at radius 2 is 2.07 bits per heavy atom. The van der Waals surface area contributed by atoms with E-state index in [9.17, 15) is 4.79 Å². The zero-order valence-electron chi connectivity index (χ0n) is 14.7. The molecule has 0 unspecified atom stereocenters. The van der Waals surface area contributed by atoms with Crippen LogP contribution in [0.25, 0.3) is 16.8 Å². The molecule has 1 saturated heterocycles. The summed E-state index contributed by atoms with van der Waals surface area (Å²) < 4.78 is 5.36. The van der Waals surface area contributed by atoms with E-state index in [4.69, 9.17) is 4.52 Å². The second-order valence-corrected chi connectivity index (χ2v) is 7.13. The molecule has 0 atom stereocenters. The van der Waals surface area contributed by atoms with Crippen molar-refractivity contribution in [3.8, 4) is 10.7 Å². The van der Waals surface area contributed by atoms with Gasteiger partial charge in [0.1, 0.15) is 0 Å². The lowest BCUT2D eigenvalue weighted by molar-refractivity contribution is -0.127. The van der Waals surface area contributed by atoms with E-state index >= 15 is 0 Å². The smallest absolute Gasteiger partial charge is 0.246 e. The molecule has 3 aromatic rings. The third-order valence-electron chi connectivity index (χ3n) is 4.34. The minimum atomic E-state index is 0.0121. The van der Waals surface area contributed by atoms with E-state index in [-0.39, 0.29) is 5.91 Å². The third kappa shape index (κ3) is 4.47. The number of carbonyl (C=O) groups excluding carboxylic acids is 1. The van der Waals surface area contributed by atoms with Crippen molar-refractivity contribution >= 4 is 23.3 Å². The molecule has 138 valence electrons. The molecule has 3 aromatic heterocycles. The molecule has 7 nitrogen and oxygen atoms in total. The fourth-order valence-electron chi connectivity index (χ4n) is 2.88. The molecular formula is C19H19N5O2S. The second-order valence-electron chi connectivity index (χ2n) is 6.18. The Kier molecular flexibility index (Phi) is 5.36. The topological polar surface area (TPSA) is 75.4 Å². The molecule has 0 radical (unpaired) electrons. The summed E-state index contributed by atoms with van der Waals surface area (Å²) in [5.41, 5.74) is 0.780. The number of amides is 1. The molecule has 0 N–H and O–H groups in total. The first-order valence-corrected chi connectivity index (χ1v) is 9.63. The summed E-state index contributed by atoms with van der Waals surface area (Å²) in [5.74, 6) is 1.25. The zero-order chi connectivity index (χ0) is 18.5. The highest BCUT2D eigenvalue weighted by molar-refractivity contribution is 7.13. The number of nitrogens with zero attached hydrogens (tertiary/aromatic N) is 5. The van der Waals surface area contributed by atoms with E-state index in [1.165, 1.54) is 0 Å². The van der Waals surface area contributed by atoms with Crippen LogP contribution in [-0.2, 0) is 11.3 Å². The SMILES string of the molecule is O=C(/C=C/c1ccccn1)N1CCN(Cc2nc(-c3cccs3)no2)CC1. The molecule has 27 heavy (non-hydrogen) atoms. The van der Waals surface area contributed by atoms with Gasteiger partial charge in [-0.25, -0.2) is 0 Å². The van der Waals surface area contributed by atoms with Crippen LogP contribution in [0.5, 0.6) is 0 Å². The van der Waals surface area contributed by atoms with Crippen molar-refractivity contribution in [2.24, 2.45) is 0 Å². The number of thiophene rings is 1. The van der Waals surface area contributed by atoms with Crippen LogP contribution in [0, 0.1) is 0 Å². The number of carbonyl (C=O) groups is 1. The summed E-state index contributed by atoms with van der Waals surface area (Å²) in [4.78, 5) is 26.0. The first kappa shape index (κ1) is 17.6. The van der Waals surface area contributed by atoms with E-state index in [0.717, 1.165) is 23.7 Å². The molecule has 0 aromatic carbocycles. The Morgan fingerprint density at radius 3 is 2.81 bits per heavy atom. The quantitative estimate of drug-likeness (QED) is 0.632. The van der Waals surface area contributed by atoms with Gasteiger partial charge in [0.25, 0.3) is 0 Å². The van der Waals surface area contributed by atoms with Gasteiger partial charge in [-0.15, -0.1) is 11.3 Å². The predicted octanol–water partition coefficient (Wildman–Crippen LogP) is 2.55. The predicted molar refractivity (Wildman–Crippen MR) is 103 cm³/mol. The zero-order valence-corrected chi connectivity index (χ0v) is 15.5.